The number of fused-ring (bicyclic) bond motifs is 7. The normalized spacial score (nSPS) is 26.0. The maximum Gasteiger partial charge on any atom is 0.231 e. The lowest BCUT2D eigenvalue weighted by molar-refractivity contribution is -0.174. The molecule has 3 aliphatic rings. The first-order chi connectivity index (χ1) is 13.1. The standard InChI is InChI=1S/C20H21NO6/c1-21-6-5-10-7-15(24-2)13(22)8-12(10)18-17(21)11-3-4-14-19(26-9-25-14)16(11)20(23)27-18/h3-4,7-8,17-18,20,22-23H,5-6,9H2,1-2H3/t17-,18?,20?/m1/s1. The van der Waals surface area contributed by atoms with E-state index in [1.165, 1.54) is 7.11 Å². The second-order valence-corrected chi connectivity index (χ2v) is 7.11. The lowest BCUT2D eigenvalue weighted by Gasteiger charge is -2.40. The Balaban J connectivity index is 1.68. The maximum atomic E-state index is 10.8. The van der Waals surface area contributed by atoms with Gasteiger partial charge in [-0.1, -0.05) is 6.07 Å². The fraction of sp³-hybridized carbons (Fsp3) is 0.400. The molecule has 0 saturated carbocycles. The fourth-order valence-electron chi connectivity index (χ4n) is 4.39. The van der Waals surface area contributed by atoms with Crippen LogP contribution in [0.1, 0.15) is 40.7 Å². The van der Waals surface area contributed by atoms with Crippen LogP contribution in [0, 0.1) is 0 Å². The Morgan fingerprint density at radius 1 is 1.19 bits per heavy atom. The molecular weight excluding hydrogens is 350 g/mol. The molecule has 0 fully saturated rings. The van der Waals surface area contributed by atoms with Gasteiger partial charge in [0.05, 0.1) is 18.7 Å². The van der Waals surface area contributed by atoms with E-state index in [0.29, 0.717) is 22.8 Å². The Morgan fingerprint density at radius 2 is 2.04 bits per heavy atom. The molecule has 0 saturated heterocycles. The van der Waals surface area contributed by atoms with Gasteiger partial charge in [-0.2, -0.15) is 0 Å². The molecule has 7 nitrogen and oxygen atoms in total. The molecule has 0 bridgehead atoms. The summed E-state index contributed by atoms with van der Waals surface area (Å²) in [5, 5.41) is 21.1. The predicted molar refractivity (Wildman–Crippen MR) is 95.1 cm³/mol. The number of nitrogens with zero attached hydrogens (tertiary/aromatic N) is 1. The molecule has 2 aromatic carbocycles. The highest BCUT2D eigenvalue weighted by molar-refractivity contribution is 5.56. The molecule has 27 heavy (non-hydrogen) atoms. The van der Waals surface area contributed by atoms with Gasteiger partial charge in [-0.25, -0.2) is 0 Å². The van der Waals surface area contributed by atoms with Crippen LogP contribution in [0.25, 0.3) is 0 Å². The molecule has 2 aromatic rings. The summed E-state index contributed by atoms with van der Waals surface area (Å²) in [7, 11) is 3.57. The number of phenols is 1. The number of aromatic hydroxyl groups is 1. The molecule has 3 heterocycles. The Hall–Kier alpha value is -2.48. The summed E-state index contributed by atoms with van der Waals surface area (Å²) in [6, 6.07) is 7.27. The summed E-state index contributed by atoms with van der Waals surface area (Å²) in [6.07, 6.45) is -0.775. The van der Waals surface area contributed by atoms with Crippen LogP contribution in [0.2, 0.25) is 0 Å². The molecule has 3 aliphatic heterocycles. The molecule has 0 amide bonds. The molecular formula is C20H21NO6. The van der Waals surface area contributed by atoms with Crippen molar-refractivity contribution in [2.24, 2.45) is 0 Å². The number of aliphatic hydroxyl groups is 1. The van der Waals surface area contributed by atoms with Crippen LogP contribution in [-0.2, 0) is 11.2 Å². The van der Waals surface area contributed by atoms with Gasteiger partial charge >= 0.3 is 0 Å². The number of aliphatic hydroxyl groups excluding tert-OH is 1. The Labute approximate surface area is 156 Å². The van der Waals surface area contributed by atoms with Gasteiger partial charge in [0.25, 0.3) is 0 Å². The zero-order chi connectivity index (χ0) is 18.7. The molecule has 5 rings (SSSR count). The van der Waals surface area contributed by atoms with E-state index in [-0.39, 0.29) is 18.6 Å². The van der Waals surface area contributed by atoms with Gasteiger partial charge < -0.3 is 29.2 Å². The Morgan fingerprint density at radius 3 is 2.85 bits per heavy atom. The number of hydrogen-bond acceptors (Lipinski definition) is 7. The SMILES string of the molecule is COc1cc2c(cc1O)C1OC(O)c3c(ccc4c3OCO4)[C@H]1N(C)CC2. The van der Waals surface area contributed by atoms with Crippen molar-refractivity contribution in [1.82, 2.24) is 4.90 Å². The second kappa shape index (κ2) is 6.02. The Kier molecular flexibility index (Phi) is 3.72. The monoisotopic (exact) mass is 371 g/mol. The first-order valence-electron chi connectivity index (χ1n) is 8.94. The van der Waals surface area contributed by atoms with Crippen LogP contribution in [0.15, 0.2) is 24.3 Å². The summed E-state index contributed by atoms with van der Waals surface area (Å²) in [5.41, 5.74) is 3.48. The third-order valence-corrected chi connectivity index (χ3v) is 5.70. The molecule has 0 radical (unpaired) electrons. The van der Waals surface area contributed by atoms with Crippen molar-refractivity contribution in [3.8, 4) is 23.0 Å². The van der Waals surface area contributed by atoms with Crippen molar-refractivity contribution in [2.75, 3.05) is 27.5 Å². The zero-order valence-corrected chi connectivity index (χ0v) is 15.1. The predicted octanol–water partition coefficient (Wildman–Crippen LogP) is 2.42. The van der Waals surface area contributed by atoms with Gasteiger partial charge in [0, 0.05) is 6.54 Å². The lowest BCUT2D eigenvalue weighted by Crippen LogP contribution is -2.35. The number of rotatable bonds is 1. The number of ether oxygens (including phenoxy) is 4. The first kappa shape index (κ1) is 16.7. The van der Waals surface area contributed by atoms with E-state index in [1.54, 1.807) is 6.07 Å². The molecule has 142 valence electrons. The van der Waals surface area contributed by atoms with Gasteiger partial charge in [0.15, 0.2) is 29.3 Å². The highest BCUT2D eigenvalue weighted by Crippen LogP contribution is 2.54. The van der Waals surface area contributed by atoms with Gasteiger partial charge in [-0.3, -0.25) is 4.90 Å². The van der Waals surface area contributed by atoms with E-state index in [9.17, 15) is 10.2 Å². The fourth-order valence-corrected chi connectivity index (χ4v) is 4.39. The highest BCUT2D eigenvalue weighted by atomic mass is 16.7. The van der Waals surface area contributed by atoms with Crippen LogP contribution in [0.5, 0.6) is 23.0 Å². The molecule has 0 aliphatic carbocycles. The van der Waals surface area contributed by atoms with Crippen LogP contribution < -0.4 is 14.2 Å². The van der Waals surface area contributed by atoms with E-state index in [4.69, 9.17) is 18.9 Å². The third kappa shape index (κ3) is 2.39. The molecule has 7 heteroatoms. The van der Waals surface area contributed by atoms with E-state index < -0.39 is 12.4 Å². The second-order valence-electron chi connectivity index (χ2n) is 7.11. The quantitative estimate of drug-likeness (QED) is 0.797. The zero-order valence-electron chi connectivity index (χ0n) is 15.1. The summed E-state index contributed by atoms with van der Waals surface area (Å²) >= 11 is 0. The minimum Gasteiger partial charge on any atom is -0.504 e. The number of benzene rings is 2. The molecule has 3 atom stereocenters. The molecule has 0 spiro atoms. The number of likely N-dealkylation sites (N-methyl/N-ethyl adjacent to an activating group) is 1. The molecule has 0 aromatic heterocycles. The highest BCUT2D eigenvalue weighted by Gasteiger charge is 2.43. The van der Waals surface area contributed by atoms with Crippen molar-refractivity contribution in [3.05, 3.63) is 46.5 Å². The summed E-state index contributed by atoms with van der Waals surface area (Å²) in [4.78, 5) is 2.21. The Bertz CT molecular complexity index is 914. The molecule has 2 N–H and O–H groups in total. The average Bonchev–Trinajstić information content (AvgIpc) is 3.10. The van der Waals surface area contributed by atoms with Crippen LogP contribution in [-0.4, -0.2) is 42.6 Å². The lowest BCUT2D eigenvalue weighted by atomic mass is 9.87. The number of phenolic OH excluding ortho intramolecular Hbond substituents is 1. The van der Waals surface area contributed by atoms with E-state index >= 15 is 0 Å². The summed E-state index contributed by atoms with van der Waals surface area (Å²) in [5.74, 6) is 1.67. The van der Waals surface area contributed by atoms with Crippen molar-refractivity contribution in [2.45, 2.75) is 24.9 Å². The van der Waals surface area contributed by atoms with Gasteiger partial charge in [-0.15, -0.1) is 0 Å². The van der Waals surface area contributed by atoms with Gasteiger partial charge in [0.2, 0.25) is 6.79 Å². The maximum absolute atomic E-state index is 10.8. The van der Waals surface area contributed by atoms with E-state index in [1.807, 2.05) is 25.2 Å². The largest absolute Gasteiger partial charge is 0.504 e. The smallest absolute Gasteiger partial charge is 0.231 e. The van der Waals surface area contributed by atoms with Crippen molar-refractivity contribution < 1.29 is 29.2 Å². The number of methoxy groups -OCH3 is 1. The minimum atomic E-state index is -1.14. The van der Waals surface area contributed by atoms with E-state index in [2.05, 4.69) is 4.90 Å². The van der Waals surface area contributed by atoms with Gasteiger partial charge in [-0.05, 0) is 48.4 Å². The van der Waals surface area contributed by atoms with Crippen molar-refractivity contribution in [1.29, 1.82) is 0 Å². The summed E-state index contributed by atoms with van der Waals surface area (Å²) < 4.78 is 22.4. The van der Waals surface area contributed by atoms with Crippen molar-refractivity contribution in [3.63, 3.8) is 0 Å². The van der Waals surface area contributed by atoms with Crippen LogP contribution in [0.4, 0.5) is 0 Å². The topological polar surface area (TPSA) is 80.6 Å². The van der Waals surface area contributed by atoms with Crippen molar-refractivity contribution >= 4 is 0 Å². The molecule has 2 unspecified atom stereocenters. The minimum absolute atomic E-state index is 0.0640. The number of hydrogen-bond donors (Lipinski definition) is 2. The van der Waals surface area contributed by atoms with E-state index in [0.717, 1.165) is 29.7 Å². The third-order valence-electron chi connectivity index (χ3n) is 5.70. The van der Waals surface area contributed by atoms with Gasteiger partial charge in [0.1, 0.15) is 6.10 Å². The summed E-state index contributed by atoms with van der Waals surface area (Å²) in [6.45, 7) is 0.939. The average molecular weight is 371 g/mol. The van der Waals surface area contributed by atoms with Crippen LogP contribution >= 0.6 is 0 Å². The van der Waals surface area contributed by atoms with Crippen LogP contribution in [0.3, 0.4) is 0 Å². The first-order valence-corrected chi connectivity index (χ1v) is 8.94.